The molecular weight excluding hydrogens is 348 g/mol. The second kappa shape index (κ2) is 6.92. The zero-order valence-electron chi connectivity index (χ0n) is 14.9. The summed E-state index contributed by atoms with van der Waals surface area (Å²) in [5.41, 5.74) is 5.89. The molecule has 5 aromatic rings. The van der Waals surface area contributed by atoms with E-state index in [1.165, 1.54) is 0 Å². The number of benzene rings is 3. The van der Waals surface area contributed by atoms with Gasteiger partial charge in [-0.25, -0.2) is 9.36 Å². The molecule has 0 amide bonds. The Bertz CT molecular complexity index is 1090. The Balaban J connectivity index is 1.51. The Morgan fingerprint density at radius 3 is 1.25 bits per heavy atom. The van der Waals surface area contributed by atoms with Crippen LogP contribution in [0.2, 0.25) is 0 Å². The summed E-state index contributed by atoms with van der Waals surface area (Å²) < 4.78 is 3.66. The van der Waals surface area contributed by atoms with Gasteiger partial charge in [-0.2, -0.15) is 0 Å². The number of hydrogen-bond donors (Lipinski definition) is 0. The van der Waals surface area contributed by atoms with Crippen molar-refractivity contribution in [2.24, 2.45) is 0 Å². The van der Waals surface area contributed by atoms with Gasteiger partial charge in [-0.3, -0.25) is 0 Å². The fourth-order valence-electron chi connectivity index (χ4n) is 3.20. The molecule has 0 saturated heterocycles. The molecule has 0 bridgehead atoms. The van der Waals surface area contributed by atoms with E-state index in [2.05, 4.69) is 20.6 Å². The maximum Gasteiger partial charge on any atom is 0.0944 e. The van der Waals surface area contributed by atoms with Gasteiger partial charge in [-0.1, -0.05) is 71.1 Å². The van der Waals surface area contributed by atoms with E-state index in [4.69, 9.17) is 0 Å². The van der Waals surface area contributed by atoms with E-state index in [1.807, 2.05) is 94.3 Å². The zero-order valence-corrected chi connectivity index (χ0v) is 14.9. The Morgan fingerprint density at radius 2 is 0.857 bits per heavy atom. The maximum atomic E-state index is 4.25. The molecule has 6 heteroatoms. The average Bonchev–Trinajstić information content (AvgIpc) is 3.45. The van der Waals surface area contributed by atoms with E-state index in [0.29, 0.717) is 0 Å². The maximum absolute atomic E-state index is 4.25. The molecule has 0 aliphatic rings. The molecule has 0 N–H and O–H groups in total. The summed E-state index contributed by atoms with van der Waals surface area (Å²) in [5, 5.41) is 16.7. The van der Waals surface area contributed by atoms with E-state index in [-0.39, 0.29) is 0 Å². The molecule has 0 aliphatic carbocycles. The lowest BCUT2D eigenvalue weighted by Crippen LogP contribution is -2.02. The van der Waals surface area contributed by atoms with Gasteiger partial charge in [-0.05, 0) is 24.3 Å². The summed E-state index contributed by atoms with van der Waals surface area (Å²) in [7, 11) is 0. The third-order valence-electron chi connectivity index (χ3n) is 4.58. The summed E-state index contributed by atoms with van der Waals surface area (Å²) in [6, 6.07) is 28.2. The molecule has 0 radical (unpaired) electrons. The summed E-state index contributed by atoms with van der Waals surface area (Å²) >= 11 is 0. The van der Waals surface area contributed by atoms with Crippen LogP contribution >= 0.6 is 0 Å². The predicted octanol–water partition coefficient (Wildman–Crippen LogP) is 4.18. The highest BCUT2D eigenvalue weighted by atomic mass is 15.4. The Morgan fingerprint density at radius 1 is 0.464 bits per heavy atom. The topological polar surface area (TPSA) is 61.4 Å². The van der Waals surface area contributed by atoms with E-state index >= 15 is 0 Å². The van der Waals surface area contributed by atoms with Crippen LogP contribution in [0.15, 0.2) is 97.3 Å². The van der Waals surface area contributed by atoms with Gasteiger partial charge < -0.3 is 0 Å². The zero-order chi connectivity index (χ0) is 18.8. The van der Waals surface area contributed by atoms with Crippen molar-refractivity contribution in [2.45, 2.75) is 0 Å². The van der Waals surface area contributed by atoms with Crippen molar-refractivity contribution in [2.75, 3.05) is 0 Å². The second-order valence-corrected chi connectivity index (χ2v) is 6.31. The van der Waals surface area contributed by atoms with E-state index in [1.54, 1.807) is 12.4 Å². The third kappa shape index (κ3) is 2.87. The minimum Gasteiger partial charge on any atom is -0.213 e. The van der Waals surface area contributed by atoms with Crippen LogP contribution in [-0.2, 0) is 0 Å². The van der Waals surface area contributed by atoms with Crippen molar-refractivity contribution < 1.29 is 0 Å². The Hall–Kier alpha value is -4.06. The van der Waals surface area contributed by atoms with Crippen LogP contribution in [0.1, 0.15) is 0 Å². The molecule has 0 spiro atoms. The minimum absolute atomic E-state index is 0.932. The van der Waals surface area contributed by atoms with Crippen LogP contribution in [0.5, 0.6) is 0 Å². The Labute approximate surface area is 161 Å². The van der Waals surface area contributed by atoms with Crippen LogP contribution in [0.3, 0.4) is 0 Å². The highest BCUT2D eigenvalue weighted by Crippen LogP contribution is 2.24. The summed E-state index contributed by atoms with van der Waals surface area (Å²) in [6.07, 6.45) is 3.54. The molecule has 0 fully saturated rings. The molecule has 28 heavy (non-hydrogen) atoms. The van der Waals surface area contributed by atoms with Crippen molar-refractivity contribution in [1.29, 1.82) is 0 Å². The molecule has 5 rings (SSSR count). The van der Waals surface area contributed by atoms with E-state index in [0.717, 1.165) is 33.9 Å². The quantitative estimate of drug-likeness (QED) is 0.480. The summed E-state index contributed by atoms with van der Waals surface area (Å²) in [6.45, 7) is 0. The highest BCUT2D eigenvalue weighted by Gasteiger charge is 2.11. The first-order valence-corrected chi connectivity index (χ1v) is 8.93. The Kier molecular flexibility index (Phi) is 3.99. The predicted molar refractivity (Wildman–Crippen MR) is 107 cm³/mol. The van der Waals surface area contributed by atoms with Gasteiger partial charge in [0, 0.05) is 11.1 Å². The minimum atomic E-state index is 0.932. The monoisotopic (exact) mass is 364 g/mol. The average molecular weight is 364 g/mol. The van der Waals surface area contributed by atoms with Crippen LogP contribution in [0.4, 0.5) is 0 Å². The van der Waals surface area contributed by atoms with Gasteiger partial charge in [0.1, 0.15) is 0 Å². The van der Waals surface area contributed by atoms with Gasteiger partial charge in [0.2, 0.25) is 0 Å². The van der Waals surface area contributed by atoms with Crippen molar-refractivity contribution in [1.82, 2.24) is 30.0 Å². The lowest BCUT2D eigenvalue weighted by atomic mass is 10.1. The number of rotatable bonds is 4. The second-order valence-electron chi connectivity index (χ2n) is 6.31. The SMILES string of the molecule is c1ccc(-c2cnnn2-c2ccc(-n3nncc3-c3ccccc3)cc2)cc1. The molecule has 134 valence electrons. The number of nitrogens with zero attached hydrogens (tertiary/aromatic N) is 6. The molecule has 3 aromatic carbocycles. The van der Waals surface area contributed by atoms with Gasteiger partial charge in [0.15, 0.2) is 0 Å². The van der Waals surface area contributed by atoms with E-state index < -0.39 is 0 Å². The molecule has 2 heterocycles. The van der Waals surface area contributed by atoms with Crippen molar-refractivity contribution >= 4 is 0 Å². The van der Waals surface area contributed by atoms with Crippen LogP contribution < -0.4 is 0 Å². The lowest BCUT2D eigenvalue weighted by Gasteiger charge is -2.09. The van der Waals surface area contributed by atoms with Crippen LogP contribution in [0, 0.1) is 0 Å². The van der Waals surface area contributed by atoms with Gasteiger partial charge in [0.25, 0.3) is 0 Å². The largest absolute Gasteiger partial charge is 0.213 e. The highest BCUT2D eigenvalue weighted by molar-refractivity contribution is 5.62. The number of hydrogen-bond acceptors (Lipinski definition) is 4. The van der Waals surface area contributed by atoms with Crippen molar-refractivity contribution in [3.05, 3.63) is 97.3 Å². The fraction of sp³-hybridized carbons (Fsp3) is 0. The first kappa shape index (κ1) is 16.1. The molecule has 0 unspecified atom stereocenters. The summed E-state index contributed by atoms with van der Waals surface area (Å²) in [5.74, 6) is 0. The number of aromatic nitrogens is 6. The first-order chi connectivity index (χ1) is 13.9. The third-order valence-corrected chi connectivity index (χ3v) is 4.58. The van der Waals surface area contributed by atoms with Crippen LogP contribution in [0.25, 0.3) is 33.9 Å². The summed E-state index contributed by atoms with van der Waals surface area (Å²) in [4.78, 5) is 0. The van der Waals surface area contributed by atoms with Gasteiger partial charge >= 0.3 is 0 Å². The molecule has 0 aliphatic heterocycles. The molecular formula is C22H16N6. The lowest BCUT2D eigenvalue weighted by molar-refractivity contribution is 0.797. The smallest absolute Gasteiger partial charge is 0.0944 e. The normalized spacial score (nSPS) is 10.9. The fourth-order valence-corrected chi connectivity index (χ4v) is 3.20. The first-order valence-electron chi connectivity index (χ1n) is 8.93. The van der Waals surface area contributed by atoms with Crippen molar-refractivity contribution in [3.8, 4) is 33.9 Å². The molecule has 6 nitrogen and oxygen atoms in total. The van der Waals surface area contributed by atoms with E-state index in [9.17, 15) is 0 Å². The van der Waals surface area contributed by atoms with Crippen LogP contribution in [-0.4, -0.2) is 30.0 Å². The molecule has 0 atom stereocenters. The molecule has 2 aromatic heterocycles. The standard InChI is InChI=1S/C22H16N6/c1-3-7-17(8-4-1)21-15-23-25-27(21)19-11-13-20(14-12-19)28-22(16-24-26-28)18-9-5-2-6-10-18/h1-16H. The molecule has 0 saturated carbocycles. The van der Waals surface area contributed by atoms with Gasteiger partial charge in [-0.15, -0.1) is 10.2 Å². The van der Waals surface area contributed by atoms with Gasteiger partial charge in [0.05, 0.1) is 35.2 Å². The van der Waals surface area contributed by atoms with Crippen molar-refractivity contribution in [3.63, 3.8) is 0 Å².